The third kappa shape index (κ3) is 3.34. The van der Waals surface area contributed by atoms with Gasteiger partial charge in [0.15, 0.2) is 5.03 Å². The highest BCUT2D eigenvalue weighted by molar-refractivity contribution is 7.89. The summed E-state index contributed by atoms with van der Waals surface area (Å²) in [6.45, 7) is 5.41. The standard InChI is InChI=1S/C12H22N4O2S/c1-3-11-13-10-12(14-11)19(17,18)15(2)8-9-16-6-4-5-7-16/h10H,3-9H2,1-2H3,(H,13,14). The van der Waals surface area contributed by atoms with Crippen LogP contribution in [0.25, 0.3) is 0 Å². The largest absolute Gasteiger partial charge is 0.332 e. The zero-order valence-electron chi connectivity index (χ0n) is 11.6. The predicted octanol–water partition coefficient (Wildman–Crippen LogP) is 0.688. The minimum Gasteiger partial charge on any atom is -0.332 e. The molecule has 0 aromatic carbocycles. The second kappa shape index (κ2) is 6.02. The maximum absolute atomic E-state index is 12.3. The van der Waals surface area contributed by atoms with E-state index in [0.29, 0.717) is 18.8 Å². The first-order chi connectivity index (χ1) is 9.04. The Kier molecular flexibility index (Phi) is 4.59. The van der Waals surface area contributed by atoms with E-state index >= 15 is 0 Å². The molecule has 1 aliphatic heterocycles. The van der Waals surface area contributed by atoms with Gasteiger partial charge in [-0.3, -0.25) is 0 Å². The first-order valence-corrected chi connectivity index (χ1v) is 8.20. The molecule has 7 heteroatoms. The molecule has 1 aromatic rings. The number of rotatable bonds is 6. The lowest BCUT2D eigenvalue weighted by atomic mass is 10.4. The average molecular weight is 286 g/mol. The lowest BCUT2D eigenvalue weighted by molar-refractivity contribution is 0.309. The number of hydrogen-bond donors (Lipinski definition) is 1. The quantitative estimate of drug-likeness (QED) is 0.835. The maximum atomic E-state index is 12.3. The van der Waals surface area contributed by atoms with Crippen molar-refractivity contribution in [2.75, 3.05) is 33.2 Å². The normalized spacial score (nSPS) is 17.4. The van der Waals surface area contributed by atoms with Gasteiger partial charge in [-0.15, -0.1) is 0 Å². The number of aromatic nitrogens is 2. The molecule has 0 radical (unpaired) electrons. The summed E-state index contributed by atoms with van der Waals surface area (Å²) in [5, 5.41) is 0.188. The fourth-order valence-electron chi connectivity index (χ4n) is 2.23. The highest BCUT2D eigenvalue weighted by Crippen LogP contribution is 2.13. The topological polar surface area (TPSA) is 69.3 Å². The number of likely N-dealkylation sites (tertiary alicyclic amines) is 1. The molecule has 1 fully saturated rings. The molecule has 0 atom stereocenters. The Bertz CT molecular complexity index is 506. The van der Waals surface area contributed by atoms with Gasteiger partial charge in [-0.2, -0.15) is 4.31 Å². The number of imidazole rings is 1. The van der Waals surface area contributed by atoms with Crippen LogP contribution in [0.15, 0.2) is 11.2 Å². The van der Waals surface area contributed by atoms with Gasteiger partial charge in [-0.05, 0) is 25.9 Å². The highest BCUT2D eigenvalue weighted by atomic mass is 32.2. The first-order valence-electron chi connectivity index (χ1n) is 6.76. The smallest absolute Gasteiger partial charge is 0.259 e. The maximum Gasteiger partial charge on any atom is 0.259 e. The van der Waals surface area contributed by atoms with Crippen molar-refractivity contribution in [3.05, 3.63) is 12.0 Å². The molecule has 2 rings (SSSR count). The van der Waals surface area contributed by atoms with E-state index in [2.05, 4.69) is 14.9 Å². The van der Waals surface area contributed by atoms with Gasteiger partial charge in [-0.1, -0.05) is 6.92 Å². The highest BCUT2D eigenvalue weighted by Gasteiger charge is 2.23. The van der Waals surface area contributed by atoms with Crippen molar-refractivity contribution < 1.29 is 8.42 Å². The van der Waals surface area contributed by atoms with E-state index < -0.39 is 10.0 Å². The van der Waals surface area contributed by atoms with Crippen LogP contribution in [0.5, 0.6) is 0 Å². The number of H-pyrrole nitrogens is 1. The van der Waals surface area contributed by atoms with Crippen LogP contribution >= 0.6 is 0 Å². The Morgan fingerprint density at radius 1 is 1.42 bits per heavy atom. The van der Waals surface area contributed by atoms with Crippen molar-refractivity contribution in [2.45, 2.75) is 31.2 Å². The van der Waals surface area contributed by atoms with Crippen LogP contribution in [0.1, 0.15) is 25.6 Å². The number of aromatic amines is 1. The van der Waals surface area contributed by atoms with Gasteiger partial charge in [0.2, 0.25) is 0 Å². The van der Waals surface area contributed by atoms with E-state index in [-0.39, 0.29) is 5.03 Å². The molecule has 0 bridgehead atoms. The minimum absolute atomic E-state index is 0.188. The Hall–Kier alpha value is -0.920. The molecule has 1 aliphatic rings. The third-order valence-electron chi connectivity index (χ3n) is 3.56. The molecule has 0 aliphatic carbocycles. The van der Waals surface area contributed by atoms with Crippen LogP contribution in [0.3, 0.4) is 0 Å². The fourth-order valence-corrected chi connectivity index (χ4v) is 3.32. The van der Waals surface area contributed by atoms with Gasteiger partial charge < -0.3 is 9.88 Å². The summed E-state index contributed by atoms with van der Waals surface area (Å²) in [7, 11) is -1.81. The number of nitrogens with zero attached hydrogens (tertiary/aromatic N) is 3. The van der Waals surface area contributed by atoms with E-state index in [1.807, 2.05) is 6.92 Å². The van der Waals surface area contributed by atoms with Crippen LogP contribution in [-0.4, -0.2) is 60.8 Å². The van der Waals surface area contributed by atoms with E-state index in [4.69, 9.17) is 0 Å². The van der Waals surface area contributed by atoms with E-state index in [9.17, 15) is 8.42 Å². The lowest BCUT2D eigenvalue weighted by Gasteiger charge is -2.20. The Balaban J connectivity index is 1.97. The molecular formula is C12H22N4O2S. The molecule has 0 spiro atoms. The minimum atomic E-state index is -3.43. The van der Waals surface area contributed by atoms with E-state index in [1.54, 1.807) is 7.05 Å². The summed E-state index contributed by atoms with van der Waals surface area (Å²) < 4.78 is 26.0. The van der Waals surface area contributed by atoms with Crippen LogP contribution < -0.4 is 0 Å². The van der Waals surface area contributed by atoms with Crippen molar-refractivity contribution in [1.29, 1.82) is 0 Å². The van der Waals surface area contributed by atoms with Crippen LogP contribution in [-0.2, 0) is 16.4 Å². The lowest BCUT2D eigenvalue weighted by Crippen LogP contribution is -2.35. The van der Waals surface area contributed by atoms with Gasteiger partial charge in [0, 0.05) is 26.6 Å². The second-order valence-corrected chi connectivity index (χ2v) is 6.94. The third-order valence-corrected chi connectivity index (χ3v) is 5.32. The molecular weight excluding hydrogens is 264 g/mol. The Morgan fingerprint density at radius 3 is 2.68 bits per heavy atom. The van der Waals surface area contributed by atoms with Crippen LogP contribution in [0.4, 0.5) is 0 Å². The molecule has 1 aromatic heterocycles. The molecule has 0 unspecified atom stereocenters. The van der Waals surface area contributed by atoms with Crippen LogP contribution in [0, 0.1) is 0 Å². The van der Waals surface area contributed by atoms with Crippen molar-refractivity contribution in [1.82, 2.24) is 19.2 Å². The molecule has 19 heavy (non-hydrogen) atoms. The van der Waals surface area contributed by atoms with Gasteiger partial charge >= 0.3 is 0 Å². The monoisotopic (exact) mass is 286 g/mol. The fraction of sp³-hybridized carbons (Fsp3) is 0.750. The van der Waals surface area contributed by atoms with Crippen molar-refractivity contribution >= 4 is 10.0 Å². The van der Waals surface area contributed by atoms with Gasteiger partial charge in [0.1, 0.15) is 5.82 Å². The Morgan fingerprint density at radius 2 is 2.11 bits per heavy atom. The summed E-state index contributed by atoms with van der Waals surface area (Å²) in [5.41, 5.74) is 0. The van der Waals surface area contributed by atoms with Crippen molar-refractivity contribution in [2.24, 2.45) is 0 Å². The van der Waals surface area contributed by atoms with Crippen LogP contribution in [0.2, 0.25) is 0 Å². The van der Waals surface area contributed by atoms with E-state index in [0.717, 1.165) is 19.6 Å². The average Bonchev–Trinajstić information content (AvgIpc) is 3.06. The molecule has 6 nitrogen and oxygen atoms in total. The molecule has 2 heterocycles. The Labute approximate surface area is 114 Å². The summed E-state index contributed by atoms with van der Waals surface area (Å²) in [6, 6.07) is 0. The first kappa shape index (κ1) is 14.5. The summed E-state index contributed by atoms with van der Waals surface area (Å²) in [4.78, 5) is 9.21. The second-order valence-electron chi connectivity index (χ2n) is 4.92. The number of sulfonamides is 1. The summed E-state index contributed by atoms with van der Waals surface area (Å²) in [5.74, 6) is 0.700. The number of likely N-dealkylation sites (N-methyl/N-ethyl adjacent to an activating group) is 1. The SMILES string of the molecule is CCc1ncc(S(=O)(=O)N(C)CCN2CCCC2)[nH]1. The van der Waals surface area contributed by atoms with Crippen molar-refractivity contribution in [3.63, 3.8) is 0 Å². The van der Waals surface area contributed by atoms with Gasteiger partial charge in [-0.25, -0.2) is 13.4 Å². The zero-order chi connectivity index (χ0) is 13.9. The summed E-state index contributed by atoms with van der Waals surface area (Å²) >= 11 is 0. The molecule has 0 amide bonds. The molecule has 1 N–H and O–H groups in total. The van der Waals surface area contributed by atoms with Gasteiger partial charge in [0.25, 0.3) is 10.0 Å². The van der Waals surface area contributed by atoms with Gasteiger partial charge in [0.05, 0.1) is 6.20 Å². The van der Waals surface area contributed by atoms with E-state index in [1.165, 1.54) is 23.3 Å². The number of nitrogens with one attached hydrogen (secondary N) is 1. The zero-order valence-corrected chi connectivity index (χ0v) is 12.4. The molecule has 0 saturated carbocycles. The number of aryl methyl sites for hydroxylation is 1. The number of hydrogen-bond acceptors (Lipinski definition) is 4. The predicted molar refractivity (Wildman–Crippen MR) is 73.5 cm³/mol. The van der Waals surface area contributed by atoms with Crippen molar-refractivity contribution in [3.8, 4) is 0 Å². The molecule has 1 saturated heterocycles. The summed E-state index contributed by atoms with van der Waals surface area (Å²) in [6.07, 6.45) is 4.54. The molecule has 108 valence electrons.